The van der Waals surface area contributed by atoms with Gasteiger partial charge in [0.05, 0.1) is 0 Å². The number of carboxylic acids is 1. The van der Waals surface area contributed by atoms with Crippen LogP contribution in [0.25, 0.3) is 0 Å². The van der Waals surface area contributed by atoms with Crippen LogP contribution < -0.4 is 11.1 Å². The number of aliphatic carboxylic acids is 1. The molecule has 1 rings (SSSR count). The molecular formula is C24H37N3O7. The van der Waals surface area contributed by atoms with Crippen LogP contribution in [0.1, 0.15) is 59.9 Å². The maximum Gasteiger partial charge on any atom is 0.417 e. The second-order valence-corrected chi connectivity index (χ2v) is 9.86. The van der Waals surface area contributed by atoms with Crippen molar-refractivity contribution in [3.63, 3.8) is 0 Å². The molecule has 0 saturated carbocycles. The van der Waals surface area contributed by atoms with Gasteiger partial charge in [-0.3, -0.25) is 4.79 Å². The molecule has 0 heterocycles. The molecule has 0 aliphatic carbocycles. The normalized spacial score (nSPS) is 13.4. The highest BCUT2D eigenvalue weighted by atomic mass is 16.6. The van der Waals surface area contributed by atoms with Crippen LogP contribution in [0.5, 0.6) is 0 Å². The van der Waals surface area contributed by atoms with Gasteiger partial charge >= 0.3 is 18.2 Å². The molecule has 0 radical (unpaired) electrons. The summed E-state index contributed by atoms with van der Waals surface area (Å²) >= 11 is 0. The molecule has 0 fully saturated rings. The molecule has 34 heavy (non-hydrogen) atoms. The molecular weight excluding hydrogens is 442 g/mol. The number of hydrogen-bond acceptors (Lipinski definition) is 7. The van der Waals surface area contributed by atoms with Gasteiger partial charge in [-0.2, -0.15) is 0 Å². The number of ether oxygens (including phenoxy) is 2. The van der Waals surface area contributed by atoms with Crippen LogP contribution in [0.4, 0.5) is 9.59 Å². The van der Waals surface area contributed by atoms with E-state index in [0.717, 1.165) is 0 Å². The van der Waals surface area contributed by atoms with Crippen LogP contribution in [0.2, 0.25) is 0 Å². The molecule has 3 amide bonds. The second kappa shape index (κ2) is 12.4. The zero-order valence-electron chi connectivity index (χ0n) is 20.8. The number of imide groups is 1. The molecule has 0 spiro atoms. The Balaban J connectivity index is 3.41. The fourth-order valence-electron chi connectivity index (χ4n) is 3.02. The summed E-state index contributed by atoms with van der Waals surface area (Å²) in [5.41, 5.74) is 4.40. The first kappa shape index (κ1) is 28.9. The Bertz CT molecular complexity index is 844. The number of carbonyl (C=O) groups excluding carboxylic acids is 3. The minimum absolute atomic E-state index is 0.00143. The number of nitrogens with zero attached hydrogens (tertiary/aromatic N) is 1. The molecule has 0 aliphatic rings. The first-order valence-electron chi connectivity index (χ1n) is 11.2. The molecule has 1 aromatic carbocycles. The van der Waals surface area contributed by atoms with Gasteiger partial charge < -0.3 is 25.6 Å². The van der Waals surface area contributed by atoms with Crippen LogP contribution >= 0.6 is 0 Å². The zero-order chi connectivity index (χ0) is 26.1. The van der Waals surface area contributed by atoms with Crippen LogP contribution in [0, 0.1) is 0 Å². The van der Waals surface area contributed by atoms with E-state index >= 15 is 0 Å². The number of amides is 3. The number of nitrogens with one attached hydrogen (secondary N) is 1. The van der Waals surface area contributed by atoms with Crippen molar-refractivity contribution in [2.45, 2.75) is 84.1 Å². The quantitative estimate of drug-likeness (QED) is 0.489. The van der Waals surface area contributed by atoms with Crippen molar-refractivity contribution in [2.75, 3.05) is 6.54 Å². The number of hydrogen-bond donors (Lipinski definition) is 3. The first-order valence-corrected chi connectivity index (χ1v) is 11.2. The zero-order valence-corrected chi connectivity index (χ0v) is 20.8. The molecule has 2 atom stereocenters. The van der Waals surface area contributed by atoms with Crippen molar-refractivity contribution >= 4 is 24.1 Å². The molecule has 0 unspecified atom stereocenters. The summed E-state index contributed by atoms with van der Waals surface area (Å²) in [5.74, 6) is -2.31. The van der Waals surface area contributed by atoms with Crippen LogP contribution in [-0.4, -0.2) is 63.9 Å². The number of carbonyl (C=O) groups is 4. The van der Waals surface area contributed by atoms with Gasteiger partial charge in [-0.1, -0.05) is 30.3 Å². The van der Waals surface area contributed by atoms with Gasteiger partial charge in [-0.05, 0) is 66.5 Å². The summed E-state index contributed by atoms with van der Waals surface area (Å²) in [4.78, 5) is 51.8. The third kappa shape index (κ3) is 10.2. The maximum atomic E-state index is 13.6. The fraction of sp³-hybridized carbons (Fsp3) is 0.583. The second-order valence-electron chi connectivity index (χ2n) is 9.86. The van der Waals surface area contributed by atoms with Gasteiger partial charge in [0, 0.05) is 6.42 Å². The van der Waals surface area contributed by atoms with Gasteiger partial charge in [-0.15, -0.1) is 0 Å². The van der Waals surface area contributed by atoms with Crippen molar-refractivity contribution in [3.8, 4) is 0 Å². The Hall–Kier alpha value is -3.14. The van der Waals surface area contributed by atoms with Crippen molar-refractivity contribution in [1.29, 1.82) is 0 Å². The van der Waals surface area contributed by atoms with Crippen LogP contribution in [-0.2, 0) is 25.5 Å². The van der Waals surface area contributed by atoms with E-state index in [4.69, 9.17) is 15.2 Å². The molecule has 0 aromatic heterocycles. The van der Waals surface area contributed by atoms with Crippen molar-refractivity contribution in [1.82, 2.24) is 10.2 Å². The molecule has 10 heteroatoms. The fourth-order valence-corrected chi connectivity index (χ4v) is 3.02. The largest absolute Gasteiger partial charge is 0.480 e. The van der Waals surface area contributed by atoms with E-state index in [2.05, 4.69) is 5.32 Å². The summed E-state index contributed by atoms with van der Waals surface area (Å²) < 4.78 is 10.6. The molecule has 0 bridgehead atoms. The average molecular weight is 480 g/mol. The van der Waals surface area contributed by atoms with E-state index in [0.29, 0.717) is 10.5 Å². The Labute approximate surface area is 200 Å². The highest BCUT2D eigenvalue weighted by Crippen LogP contribution is 2.18. The lowest BCUT2D eigenvalue weighted by Crippen LogP contribution is -2.58. The number of benzene rings is 1. The molecule has 190 valence electrons. The summed E-state index contributed by atoms with van der Waals surface area (Å²) in [6.45, 7) is 9.98. The van der Waals surface area contributed by atoms with Gasteiger partial charge in [-0.25, -0.2) is 19.3 Å². The van der Waals surface area contributed by atoms with Crippen molar-refractivity contribution in [3.05, 3.63) is 35.9 Å². The molecule has 0 saturated heterocycles. The topological polar surface area (TPSA) is 148 Å². The Morgan fingerprint density at radius 2 is 1.56 bits per heavy atom. The average Bonchev–Trinajstić information content (AvgIpc) is 2.67. The van der Waals surface area contributed by atoms with Crippen LogP contribution in [0.3, 0.4) is 0 Å². The SMILES string of the molecule is CC(C)(C)OC(=O)N[C@@H](Cc1ccccc1)C(=O)N(C(=O)OC(C)(C)C)[C@@H](CCCN)C(=O)O. The Morgan fingerprint density at radius 3 is 2.03 bits per heavy atom. The predicted octanol–water partition coefficient (Wildman–Crippen LogP) is 3.08. The van der Waals surface area contributed by atoms with Crippen LogP contribution in [0.15, 0.2) is 30.3 Å². The number of nitrogens with two attached hydrogens (primary N) is 1. The molecule has 1 aromatic rings. The van der Waals surface area contributed by atoms with Crippen molar-refractivity contribution < 1.29 is 33.8 Å². The van der Waals surface area contributed by atoms with Crippen molar-refractivity contribution in [2.24, 2.45) is 5.73 Å². The lowest BCUT2D eigenvalue weighted by atomic mass is 10.0. The number of carboxylic acid groups (broad SMARTS) is 1. The molecule has 0 aliphatic heterocycles. The third-order valence-corrected chi connectivity index (χ3v) is 4.38. The van der Waals surface area contributed by atoms with Gasteiger partial charge in [0.1, 0.15) is 23.3 Å². The Kier molecular flexibility index (Phi) is 10.5. The highest BCUT2D eigenvalue weighted by molar-refractivity contribution is 6.00. The summed E-state index contributed by atoms with van der Waals surface area (Å²) in [5, 5.41) is 12.3. The number of alkyl carbamates (subject to hydrolysis) is 1. The Morgan fingerprint density at radius 1 is 1.00 bits per heavy atom. The van der Waals surface area contributed by atoms with E-state index in [9.17, 15) is 24.3 Å². The first-order chi connectivity index (χ1) is 15.6. The lowest BCUT2D eigenvalue weighted by molar-refractivity contribution is -0.150. The lowest BCUT2D eigenvalue weighted by Gasteiger charge is -2.33. The molecule has 10 nitrogen and oxygen atoms in total. The van der Waals surface area contributed by atoms with E-state index in [1.54, 1.807) is 71.9 Å². The highest BCUT2D eigenvalue weighted by Gasteiger charge is 2.41. The summed E-state index contributed by atoms with van der Waals surface area (Å²) in [6, 6.07) is 6.00. The standard InChI is InChI=1S/C24H37N3O7/c1-23(2,3)33-21(31)26-17(15-16-11-8-7-9-12-16)19(28)27(22(32)34-24(4,5)6)18(20(29)30)13-10-14-25/h7-9,11-12,17-18H,10,13-15,25H2,1-6H3,(H,26,31)(H,29,30)/t17-,18-/m0/s1. The smallest absolute Gasteiger partial charge is 0.417 e. The third-order valence-electron chi connectivity index (χ3n) is 4.38. The predicted molar refractivity (Wildman–Crippen MR) is 126 cm³/mol. The maximum absolute atomic E-state index is 13.6. The van der Waals surface area contributed by atoms with Gasteiger partial charge in [0.2, 0.25) is 0 Å². The minimum Gasteiger partial charge on any atom is -0.480 e. The summed E-state index contributed by atoms with van der Waals surface area (Å²) in [6.07, 6.45) is -1.81. The van der Waals surface area contributed by atoms with Gasteiger partial charge in [0.15, 0.2) is 0 Å². The van der Waals surface area contributed by atoms with E-state index < -0.39 is 47.3 Å². The van der Waals surface area contributed by atoms with E-state index in [-0.39, 0.29) is 25.8 Å². The summed E-state index contributed by atoms with van der Waals surface area (Å²) in [7, 11) is 0. The van der Waals surface area contributed by atoms with E-state index in [1.165, 1.54) is 0 Å². The number of rotatable bonds is 9. The molecule has 4 N–H and O–H groups in total. The minimum atomic E-state index is -1.52. The van der Waals surface area contributed by atoms with E-state index in [1.807, 2.05) is 0 Å². The van der Waals surface area contributed by atoms with Gasteiger partial charge in [0.25, 0.3) is 5.91 Å². The monoisotopic (exact) mass is 479 g/mol.